The number of hydrogen-bond donors (Lipinski definition) is 1. The van der Waals surface area contributed by atoms with E-state index >= 15 is 0 Å². The standard InChI is InChI=1S/C14H24N4O2/c15-4-1-5-18(13(19)14(12-16)2-3-14)7-6-17-8-10-20-11-9-17/h1-3,5-12,16H2. The van der Waals surface area contributed by atoms with Crippen molar-refractivity contribution in [3.05, 3.63) is 0 Å². The molecule has 0 unspecified atom stereocenters. The van der Waals surface area contributed by atoms with Gasteiger partial charge in [0.1, 0.15) is 0 Å². The molecule has 0 aromatic rings. The third-order valence-corrected chi connectivity index (χ3v) is 4.27. The minimum atomic E-state index is -0.319. The molecule has 6 heteroatoms. The summed E-state index contributed by atoms with van der Waals surface area (Å²) in [7, 11) is 0. The normalized spacial score (nSPS) is 21.2. The van der Waals surface area contributed by atoms with E-state index in [4.69, 9.17) is 15.7 Å². The number of morpholine rings is 1. The van der Waals surface area contributed by atoms with Crippen molar-refractivity contribution in [3.63, 3.8) is 0 Å². The highest BCUT2D eigenvalue weighted by Crippen LogP contribution is 2.46. The highest BCUT2D eigenvalue weighted by Gasteiger charge is 2.50. The third kappa shape index (κ3) is 3.69. The van der Waals surface area contributed by atoms with Crippen molar-refractivity contribution in [2.24, 2.45) is 11.1 Å². The Labute approximate surface area is 120 Å². The lowest BCUT2D eigenvalue weighted by molar-refractivity contribution is -0.137. The Morgan fingerprint density at radius 3 is 2.60 bits per heavy atom. The van der Waals surface area contributed by atoms with Gasteiger partial charge in [-0.1, -0.05) is 0 Å². The fraction of sp³-hybridized carbons (Fsp3) is 0.857. The second kappa shape index (κ2) is 7.02. The fourth-order valence-corrected chi connectivity index (χ4v) is 2.58. The Bertz CT molecular complexity index is 370. The van der Waals surface area contributed by atoms with Crippen molar-refractivity contribution < 1.29 is 9.53 Å². The number of carbonyl (C=O) groups excluding carboxylic acids is 1. The molecule has 1 heterocycles. The van der Waals surface area contributed by atoms with Gasteiger partial charge in [-0.25, -0.2) is 0 Å². The molecule has 0 bridgehead atoms. The van der Waals surface area contributed by atoms with E-state index in [-0.39, 0.29) is 11.3 Å². The van der Waals surface area contributed by atoms with Crippen LogP contribution < -0.4 is 5.73 Å². The van der Waals surface area contributed by atoms with Crippen molar-refractivity contribution in [1.29, 1.82) is 5.26 Å². The van der Waals surface area contributed by atoms with Gasteiger partial charge in [0.25, 0.3) is 0 Å². The van der Waals surface area contributed by atoms with E-state index in [0.29, 0.717) is 26.1 Å². The first-order valence-corrected chi connectivity index (χ1v) is 7.38. The molecule has 0 aromatic heterocycles. The maximum atomic E-state index is 12.5. The van der Waals surface area contributed by atoms with Crippen LogP contribution in [-0.2, 0) is 9.53 Å². The quantitative estimate of drug-likeness (QED) is 0.698. The summed E-state index contributed by atoms with van der Waals surface area (Å²) >= 11 is 0. The summed E-state index contributed by atoms with van der Waals surface area (Å²) in [5.41, 5.74) is 5.42. The molecule has 0 atom stereocenters. The molecule has 2 fully saturated rings. The zero-order chi connectivity index (χ0) is 14.4. The monoisotopic (exact) mass is 280 g/mol. The Morgan fingerprint density at radius 1 is 1.35 bits per heavy atom. The molecule has 2 N–H and O–H groups in total. The lowest BCUT2D eigenvalue weighted by atomic mass is 10.1. The van der Waals surface area contributed by atoms with Crippen LogP contribution in [0.3, 0.4) is 0 Å². The first-order valence-electron chi connectivity index (χ1n) is 7.38. The lowest BCUT2D eigenvalue weighted by Gasteiger charge is -2.31. The molecule has 2 aliphatic rings. The molecule has 20 heavy (non-hydrogen) atoms. The van der Waals surface area contributed by atoms with E-state index in [1.807, 2.05) is 4.90 Å². The van der Waals surface area contributed by atoms with Gasteiger partial charge in [0.2, 0.25) is 5.91 Å². The van der Waals surface area contributed by atoms with Crippen LogP contribution in [0.4, 0.5) is 0 Å². The molecule has 0 spiro atoms. The average Bonchev–Trinajstić information content (AvgIpc) is 3.29. The van der Waals surface area contributed by atoms with Gasteiger partial charge in [0, 0.05) is 39.3 Å². The summed E-state index contributed by atoms with van der Waals surface area (Å²) in [5, 5.41) is 8.75. The summed E-state index contributed by atoms with van der Waals surface area (Å²) < 4.78 is 5.32. The Hall–Kier alpha value is -1.16. The van der Waals surface area contributed by atoms with E-state index in [0.717, 1.165) is 45.7 Å². The summed E-state index contributed by atoms with van der Waals surface area (Å²) in [4.78, 5) is 16.7. The second-order valence-corrected chi connectivity index (χ2v) is 5.64. The molecule has 112 valence electrons. The molecule has 1 saturated heterocycles. The van der Waals surface area contributed by atoms with Gasteiger partial charge in [0.05, 0.1) is 31.1 Å². The van der Waals surface area contributed by atoms with Crippen molar-refractivity contribution >= 4 is 5.91 Å². The summed E-state index contributed by atoms with van der Waals surface area (Å²) in [6.45, 7) is 5.83. The zero-order valence-corrected chi connectivity index (χ0v) is 12.0. The topological polar surface area (TPSA) is 82.6 Å². The number of nitrogens with zero attached hydrogens (tertiary/aromatic N) is 3. The smallest absolute Gasteiger partial charge is 0.230 e. The first-order chi connectivity index (χ1) is 9.72. The molecule has 0 aromatic carbocycles. The minimum Gasteiger partial charge on any atom is -0.379 e. The highest BCUT2D eigenvalue weighted by molar-refractivity contribution is 5.85. The van der Waals surface area contributed by atoms with E-state index in [2.05, 4.69) is 11.0 Å². The van der Waals surface area contributed by atoms with Crippen LogP contribution in [0.15, 0.2) is 0 Å². The van der Waals surface area contributed by atoms with Crippen LogP contribution in [0.5, 0.6) is 0 Å². The van der Waals surface area contributed by atoms with Crippen LogP contribution in [0.1, 0.15) is 19.3 Å². The molecule has 1 saturated carbocycles. The summed E-state index contributed by atoms with van der Waals surface area (Å²) in [6.07, 6.45) is 2.17. The van der Waals surface area contributed by atoms with Gasteiger partial charge in [-0.3, -0.25) is 9.69 Å². The van der Waals surface area contributed by atoms with Gasteiger partial charge in [-0.05, 0) is 12.8 Å². The largest absolute Gasteiger partial charge is 0.379 e. The fourth-order valence-electron chi connectivity index (χ4n) is 2.58. The Kier molecular flexibility index (Phi) is 5.35. The SMILES string of the molecule is N#CCCN(CCN1CCOCC1)C(=O)C1(CN)CC1. The molecule has 0 radical (unpaired) electrons. The van der Waals surface area contributed by atoms with E-state index in [9.17, 15) is 4.79 Å². The Morgan fingerprint density at radius 2 is 2.05 bits per heavy atom. The molecule has 6 nitrogen and oxygen atoms in total. The number of hydrogen-bond acceptors (Lipinski definition) is 5. The number of amides is 1. The highest BCUT2D eigenvalue weighted by atomic mass is 16.5. The molecular weight excluding hydrogens is 256 g/mol. The second-order valence-electron chi connectivity index (χ2n) is 5.64. The van der Waals surface area contributed by atoms with Gasteiger partial charge in [-0.15, -0.1) is 0 Å². The predicted octanol–water partition coefficient (Wildman–Crippen LogP) is -0.200. The number of nitrogens with two attached hydrogens (primary N) is 1. The minimum absolute atomic E-state index is 0.142. The van der Waals surface area contributed by atoms with Crippen molar-refractivity contribution in [1.82, 2.24) is 9.80 Å². The van der Waals surface area contributed by atoms with Crippen LogP contribution in [-0.4, -0.2) is 68.2 Å². The van der Waals surface area contributed by atoms with Gasteiger partial charge < -0.3 is 15.4 Å². The Balaban J connectivity index is 1.86. The van der Waals surface area contributed by atoms with Gasteiger partial charge in [-0.2, -0.15) is 5.26 Å². The van der Waals surface area contributed by atoms with Crippen LogP contribution >= 0.6 is 0 Å². The van der Waals surface area contributed by atoms with E-state index < -0.39 is 0 Å². The summed E-state index contributed by atoms with van der Waals surface area (Å²) in [6, 6.07) is 2.12. The van der Waals surface area contributed by atoms with Crippen LogP contribution in [0.2, 0.25) is 0 Å². The lowest BCUT2D eigenvalue weighted by Crippen LogP contribution is -2.46. The summed E-state index contributed by atoms with van der Waals surface area (Å²) in [5.74, 6) is 0.142. The zero-order valence-electron chi connectivity index (χ0n) is 12.0. The predicted molar refractivity (Wildman–Crippen MR) is 74.8 cm³/mol. The van der Waals surface area contributed by atoms with Crippen molar-refractivity contribution in [3.8, 4) is 6.07 Å². The molecule has 1 aliphatic carbocycles. The van der Waals surface area contributed by atoms with Crippen molar-refractivity contribution in [2.45, 2.75) is 19.3 Å². The molecule has 2 rings (SSSR count). The van der Waals surface area contributed by atoms with Crippen LogP contribution in [0, 0.1) is 16.7 Å². The molecular formula is C14H24N4O2. The molecule has 1 aliphatic heterocycles. The average molecular weight is 280 g/mol. The first kappa shape index (κ1) is 15.2. The maximum Gasteiger partial charge on any atom is 0.230 e. The van der Waals surface area contributed by atoms with E-state index in [1.165, 1.54) is 0 Å². The number of nitriles is 1. The third-order valence-electron chi connectivity index (χ3n) is 4.27. The van der Waals surface area contributed by atoms with Gasteiger partial charge in [0.15, 0.2) is 0 Å². The van der Waals surface area contributed by atoms with Crippen molar-refractivity contribution in [2.75, 3.05) is 52.5 Å². The number of rotatable bonds is 7. The maximum absolute atomic E-state index is 12.5. The van der Waals surface area contributed by atoms with Crippen LogP contribution in [0.25, 0.3) is 0 Å². The number of carbonyl (C=O) groups is 1. The molecule has 1 amide bonds. The van der Waals surface area contributed by atoms with E-state index in [1.54, 1.807) is 0 Å². The van der Waals surface area contributed by atoms with Gasteiger partial charge >= 0.3 is 0 Å². The number of ether oxygens (including phenoxy) is 1.